The fourth-order valence-corrected chi connectivity index (χ4v) is 5.42. The average Bonchev–Trinajstić information content (AvgIpc) is 3.28. The van der Waals surface area contributed by atoms with Gasteiger partial charge >= 0.3 is 0 Å². The Morgan fingerprint density at radius 1 is 1.18 bits per heavy atom. The monoisotopic (exact) mass is 432 g/mol. The molecule has 0 saturated heterocycles. The summed E-state index contributed by atoms with van der Waals surface area (Å²) in [5.41, 5.74) is 2.72. The zero-order chi connectivity index (χ0) is 19.7. The molecule has 3 atom stereocenters. The lowest BCUT2D eigenvalue weighted by atomic mass is 10.1. The van der Waals surface area contributed by atoms with Crippen molar-refractivity contribution in [3.05, 3.63) is 88.9 Å². The van der Waals surface area contributed by atoms with Gasteiger partial charge in [-0.1, -0.05) is 48.0 Å². The molecule has 0 amide bonds. The van der Waals surface area contributed by atoms with Crippen LogP contribution in [-0.2, 0) is 22.1 Å². The Kier molecular flexibility index (Phi) is 5.69. The topological polar surface area (TPSA) is 44.1 Å². The largest absolute Gasteiger partial charge is 0.367 e. The van der Waals surface area contributed by atoms with E-state index in [-0.39, 0.29) is 11.4 Å². The van der Waals surface area contributed by atoms with Crippen molar-refractivity contribution in [1.29, 1.82) is 0 Å². The number of nitrogens with zero attached hydrogens (tertiary/aromatic N) is 2. The standard InChI is InChI=1S/C21H18Cl2N2O2S/c1-14(15-2-4-16(22)5-3-15)12-27-21-18-7-6-17(23)10-19(18)28(26)20(21)11-25-9-8-24-13-25/h2-10,13,20-21H,1,11-12H2/t20-,21-,28?/m0/s1. The van der Waals surface area contributed by atoms with Gasteiger partial charge in [-0.3, -0.25) is 4.21 Å². The molecule has 7 heteroatoms. The summed E-state index contributed by atoms with van der Waals surface area (Å²) in [5, 5.41) is 1.01. The number of hydrogen-bond acceptors (Lipinski definition) is 3. The molecule has 0 N–H and O–H groups in total. The van der Waals surface area contributed by atoms with E-state index in [1.54, 1.807) is 18.6 Å². The summed E-state index contributed by atoms with van der Waals surface area (Å²) >= 11 is 12.1. The first kappa shape index (κ1) is 19.4. The third-order valence-electron chi connectivity index (χ3n) is 4.75. The number of imidazole rings is 1. The van der Waals surface area contributed by atoms with Gasteiger partial charge in [0.2, 0.25) is 0 Å². The lowest BCUT2D eigenvalue weighted by Gasteiger charge is -2.21. The van der Waals surface area contributed by atoms with Gasteiger partial charge in [-0.2, -0.15) is 0 Å². The summed E-state index contributed by atoms with van der Waals surface area (Å²) in [6.45, 7) is 4.99. The van der Waals surface area contributed by atoms with E-state index in [2.05, 4.69) is 11.6 Å². The van der Waals surface area contributed by atoms with Crippen LogP contribution in [0.3, 0.4) is 0 Å². The second-order valence-electron chi connectivity index (χ2n) is 6.62. The highest BCUT2D eigenvalue weighted by atomic mass is 35.5. The molecule has 0 radical (unpaired) electrons. The van der Waals surface area contributed by atoms with Crippen LogP contribution in [0.2, 0.25) is 10.0 Å². The minimum absolute atomic E-state index is 0.235. The Bertz CT molecular complexity index is 1020. The Balaban J connectivity index is 1.57. The van der Waals surface area contributed by atoms with E-state index in [0.29, 0.717) is 23.2 Å². The van der Waals surface area contributed by atoms with Crippen LogP contribution < -0.4 is 0 Å². The smallest absolute Gasteiger partial charge is 0.101 e. The molecule has 0 bridgehead atoms. The van der Waals surface area contributed by atoms with Crippen LogP contribution in [-0.4, -0.2) is 25.6 Å². The molecule has 0 aliphatic carbocycles. The van der Waals surface area contributed by atoms with Crippen LogP contribution >= 0.6 is 23.2 Å². The summed E-state index contributed by atoms with van der Waals surface area (Å²) in [6.07, 6.45) is 4.97. The van der Waals surface area contributed by atoms with Crippen LogP contribution in [0.1, 0.15) is 17.2 Å². The lowest BCUT2D eigenvalue weighted by molar-refractivity contribution is 0.0735. The Morgan fingerprint density at radius 2 is 1.93 bits per heavy atom. The fraction of sp³-hybridized carbons (Fsp3) is 0.190. The van der Waals surface area contributed by atoms with Gasteiger partial charge in [0.15, 0.2) is 0 Å². The minimum Gasteiger partial charge on any atom is -0.367 e. The van der Waals surface area contributed by atoms with Crippen molar-refractivity contribution in [2.45, 2.75) is 22.8 Å². The molecule has 0 saturated carbocycles. The fourth-order valence-electron chi connectivity index (χ4n) is 3.32. The minimum atomic E-state index is -1.23. The normalized spacial score (nSPS) is 20.9. The SMILES string of the molecule is C=C(CO[C@H]1c2ccc(Cl)cc2S(=O)[C@H]1Cn1ccnc1)c1ccc(Cl)cc1. The molecule has 1 aromatic heterocycles. The third kappa shape index (κ3) is 3.94. The Morgan fingerprint density at radius 3 is 2.64 bits per heavy atom. The first-order valence-electron chi connectivity index (χ1n) is 8.74. The van der Waals surface area contributed by atoms with Gasteiger partial charge in [0.05, 0.1) is 29.0 Å². The van der Waals surface area contributed by atoms with E-state index in [4.69, 9.17) is 27.9 Å². The number of halogens is 2. The van der Waals surface area contributed by atoms with Crippen molar-refractivity contribution in [1.82, 2.24) is 9.55 Å². The zero-order valence-electron chi connectivity index (χ0n) is 14.9. The lowest BCUT2D eigenvalue weighted by Crippen LogP contribution is -2.25. The van der Waals surface area contributed by atoms with Gasteiger partial charge < -0.3 is 9.30 Å². The summed E-state index contributed by atoms with van der Waals surface area (Å²) in [6, 6.07) is 13.0. The molecule has 4 nitrogen and oxygen atoms in total. The van der Waals surface area contributed by atoms with Crippen LogP contribution in [0.15, 0.2) is 72.7 Å². The number of aromatic nitrogens is 2. The Hall–Kier alpha value is -1.92. The number of rotatable bonds is 6. The highest BCUT2D eigenvalue weighted by Crippen LogP contribution is 2.41. The molecule has 4 rings (SSSR count). The molecule has 1 unspecified atom stereocenters. The summed E-state index contributed by atoms with van der Waals surface area (Å²) in [4.78, 5) is 4.81. The maximum atomic E-state index is 13.1. The molecule has 0 spiro atoms. The van der Waals surface area contributed by atoms with Gasteiger partial charge in [0.25, 0.3) is 0 Å². The zero-order valence-corrected chi connectivity index (χ0v) is 17.3. The predicted octanol–water partition coefficient (Wildman–Crippen LogP) is 5.15. The highest BCUT2D eigenvalue weighted by Gasteiger charge is 2.40. The molecule has 144 valence electrons. The maximum absolute atomic E-state index is 13.1. The van der Waals surface area contributed by atoms with Gasteiger partial charge in [0, 0.05) is 33.9 Å². The van der Waals surface area contributed by atoms with E-state index in [0.717, 1.165) is 21.6 Å². The molecule has 0 fully saturated rings. The van der Waals surface area contributed by atoms with Crippen LogP contribution in [0.25, 0.3) is 5.57 Å². The molecule has 1 aliphatic heterocycles. The van der Waals surface area contributed by atoms with E-state index >= 15 is 0 Å². The number of fused-ring (bicyclic) bond motifs is 1. The van der Waals surface area contributed by atoms with Gasteiger partial charge in [-0.15, -0.1) is 0 Å². The molecule has 3 aromatic rings. The average molecular weight is 433 g/mol. The molecule has 2 heterocycles. The van der Waals surface area contributed by atoms with Gasteiger partial charge in [-0.25, -0.2) is 4.98 Å². The van der Waals surface area contributed by atoms with Crippen molar-refractivity contribution in [2.24, 2.45) is 0 Å². The van der Waals surface area contributed by atoms with Crippen molar-refractivity contribution in [3.63, 3.8) is 0 Å². The number of benzene rings is 2. The third-order valence-corrected chi connectivity index (χ3v) is 6.97. The highest BCUT2D eigenvalue weighted by molar-refractivity contribution is 7.86. The molecular weight excluding hydrogens is 415 g/mol. The van der Waals surface area contributed by atoms with Crippen LogP contribution in [0, 0.1) is 0 Å². The maximum Gasteiger partial charge on any atom is 0.101 e. The van der Waals surface area contributed by atoms with Crippen molar-refractivity contribution in [2.75, 3.05) is 6.61 Å². The summed E-state index contributed by atoms with van der Waals surface area (Å²) < 4.78 is 21.3. The van der Waals surface area contributed by atoms with Gasteiger partial charge in [-0.05, 0) is 41.0 Å². The van der Waals surface area contributed by atoms with E-state index in [1.807, 2.05) is 47.2 Å². The first-order valence-corrected chi connectivity index (χ1v) is 10.7. The molecule has 1 aliphatic rings. The second-order valence-corrected chi connectivity index (χ2v) is 9.13. The number of ether oxygens (including phenoxy) is 1. The van der Waals surface area contributed by atoms with Crippen molar-refractivity contribution >= 4 is 39.6 Å². The van der Waals surface area contributed by atoms with E-state index in [1.165, 1.54) is 0 Å². The molecular formula is C21H18Cl2N2O2S. The van der Waals surface area contributed by atoms with Gasteiger partial charge in [0.1, 0.15) is 6.10 Å². The van der Waals surface area contributed by atoms with Crippen LogP contribution in [0.5, 0.6) is 0 Å². The van der Waals surface area contributed by atoms with Crippen LogP contribution in [0.4, 0.5) is 0 Å². The number of hydrogen-bond donors (Lipinski definition) is 0. The van der Waals surface area contributed by atoms with E-state index < -0.39 is 10.8 Å². The molecule has 2 aromatic carbocycles. The van der Waals surface area contributed by atoms with Crippen molar-refractivity contribution in [3.8, 4) is 0 Å². The summed E-state index contributed by atoms with van der Waals surface area (Å²) in [5.74, 6) is 0. The van der Waals surface area contributed by atoms with E-state index in [9.17, 15) is 4.21 Å². The molecule has 28 heavy (non-hydrogen) atoms. The Labute approximate surface area is 176 Å². The summed E-state index contributed by atoms with van der Waals surface area (Å²) in [7, 11) is -1.23. The predicted molar refractivity (Wildman–Crippen MR) is 113 cm³/mol. The second kappa shape index (κ2) is 8.21. The quantitative estimate of drug-likeness (QED) is 0.540. The van der Waals surface area contributed by atoms with Crippen molar-refractivity contribution < 1.29 is 8.95 Å². The first-order chi connectivity index (χ1) is 13.5.